The number of carbonyl (C=O) groups excluding carboxylic acids is 3. The van der Waals surface area contributed by atoms with Crippen molar-refractivity contribution in [2.45, 2.75) is 13.3 Å². The number of benzene rings is 2. The zero-order valence-electron chi connectivity index (χ0n) is 14.4. The quantitative estimate of drug-likeness (QED) is 0.729. The predicted molar refractivity (Wildman–Crippen MR) is 101 cm³/mol. The largest absolute Gasteiger partial charge is 0.326 e. The molecule has 0 radical (unpaired) electrons. The summed E-state index contributed by atoms with van der Waals surface area (Å²) in [4.78, 5) is 35.5. The molecule has 1 fully saturated rings. The Hall–Kier alpha value is -2.93. The van der Waals surface area contributed by atoms with Gasteiger partial charge in [0.15, 0.2) is 0 Å². The molecule has 2 atom stereocenters. The minimum absolute atomic E-state index is 0.0828. The van der Waals surface area contributed by atoms with Gasteiger partial charge >= 0.3 is 0 Å². The van der Waals surface area contributed by atoms with Crippen molar-refractivity contribution >= 4 is 46.4 Å². The number of hydrogen-bond donors (Lipinski definition) is 3. The first-order valence-electron chi connectivity index (χ1n) is 8.28. The van der Waals surface area contributed by atoms with E-state index in [1.807, 2.05) is 0 Å². The van der Waals surface area contributed by atoms with Crippen molar-refractivity contribution in [1.29, 1.82) is 0 Å². The lowest BCUT2D eigenvalue weighted by atomic mass is 10.2. The number of rotatable bonds is 5. The fourth-order valence-electron chi connectivity index (χ4n) is 2.66. The van der Waals surface area contributed by atoms with Crippen LogP contribution in [0.1, 0.15) is 13.3 Å². The third kappa shape index (κ3) is 4.83. The Bertz CT molecular complexity index is 902. The number of halogens is 2. The number of amides is 3. The summed E-state index contributed by atoms with van der Waals surface area (Å²) in [5.41, 5.74) is 1.58. The van der Waals surface area contributed by atoms with E-state index in [2.05, 4.69) is 16.0 Å². The van der Waals surface area contributed by atoms with Crippen LogP contribution in [-0.4, -0.2) is 17.7 Å². The van der Waals surface area contributed by atoms with Crippen LogP contribution in [0.4, 0.5) is 21.5 Å². The molecule has 1 aliphatic rings. The number of carbonyl (C=O) groups is 3. The van der Waals surface area contributed by atoms with Gasteiger partial charge in [0, 0.05) is 24.0 Å². The summed E-state index contributed by atoms with van der Waals surface area (Å²) >= 11 is 5.69. The maximum atomic E-state index is 13.2. The first-order valence-corrected chi connectivity index (χ1v) is 8.65. The third-order valence-electron chi connectivity index (χ3n) is 4.12. The highest BCUT2D eigenvalue weighted by Crippen LogP contribution is 2.40. The van der Waals surface area contributed by atoms with Crippen LogP contribution >= 0.6 is 11.6 Å². The summed E-state index contributed by atoms with van der Waals surface area (Å²) < 4.78 is 13.2. The molecule has 0 spiro atoms. The van der Waals surface area contributed by atoms with Gasteiger partial charge in [0.1, 0.15) is 5.82 Å². The Morgan fingerprint density at radius 3 is 1.89 bits per heavy atom. The van der Waals surface area contributed by atoms with Crippen molar-refractivity contribution in [3.05, 3.63) is 53.3 Å². The van der Waals surface area contributed by atoms with Gasteiger partial charge in [-0.3, -0.25) is 14.4 Å². The highest BCUT2D eigenvalue weighted by molar-refractivity contribution is 6.31. The molecule has 0 aromatic heterocycles. The lowest BCUT2D eigenvalue weighted by Gasteiger charge is -2.08. The Balaban J connectivity index is 1.53. The Morgan fingerprint density at radius 1 is 0.889 bits per heavy atom. The second-order valence-corrected chi connectivity index (χ2v) is 6.72. The Morgan fingerprint density at radius 2 is 1.37 bits per heavy atom. The van der Waals surface area contributed by atoms with E-state index >= 15 is 0 Å². The maximum absolute atomic E-state index is 13.2. The van der Waals surface area contributed by atoms with Crippen molar-refractivity contribution in [2.24, 2.45) is 11.8 Å². The van der Waals surface area contributed by atoms with Gasteiger partial charge in [-0.05, 0) is 48.9 Å². The first kappa shape index (κ1) is 18.8. The van der Waals surface area contributed by atoms with Crippen LogP contribution in [0.25, 0.3) is 0 Å². The molecule has 0 saturated heterocycles. The van der Waals surface area contributed by atoms with Gasteiger partial charge in [-0.15, -0.1) is 0 Å². The minimum atomic E-state index is -0.567. The van der Waals surface area contributed by atoms with Crippen molar-refractivity contribution in [1.82, 2.24) is 0 Å². The van der Waals surface area contributed by atoms with Crippen molar-refractivity contribution in [3.8, 4) is 0 Å². The molecule has 2 aromatic rings. The fourth-order valence-corrected chi connectivity index (χ4v) is 2.84. The summed E-state index contributed by atoms with van der Waals surface area (Å²) in [6, 6.07) is 10.6. The molecule has 140 valence electrons. The van der Waals surface area contributed by atoms with E-state index < -0.39 is 17.7 Å². The van der Waals surface area contributed by atoms with Crippen LogP contribution in [0.3, 0.4) is 0 Å². The molecule has 1 saturated carbocycles. The molecular weight excluding hydrogens is 373 g/mol. The average Bonchev–Trinajstić information content (AvgIpc) is 3.40. The standard InChI is InChI=1S/C19H17ClFN3O3/c1-10(25)22-11-2-4-12(5-3-11)23-18(26)14-9-15(14)19(27)24-13-6-7-17(21)16(20)8-13/h2-8,14-15H,9H2,1H3,(H,22,25)(H,23,26)(H,24,27). The molecule has 3 rings (SSSR count). The molecule has 8 heteroatoms. The van der Waals surface area contributed by atoms with Gasteiger partial charge in [-0.2, -0.15) is 0 Å². The highest BCUT2D eigenvalue weighted by Gasteiger charge is 2.48. The number of nitrogens with one attached hydrogen (secondary N) is 3. The van der Waals surface area contributed by atoms with Gasteiger partial charge in [0.2, 0.25) is 17.7 Å². The Kier molecular flexibility index (Phi) is 5.41. The molecular formula is C19H17ClFN3O3. The monoisotopic (exact) mass is 389 g/mol. The van der Waals surface area contributed by atoms with E-state index in [-0.39, 0.29) is 22.7 Å². The fraction of sp³-hybridized carbons (Fsp3) is 0.211. The summed E-state index contributed by atoms with van der Waals surface area (Å²) in [7, 11) is 0. The number of hydrogen-bond acceptors (Lipinski definition) is 3. The summed E-state index contributed by atoms with van der Waals surface area (Å²) in [5.74, 6) is -2.16. The SMILES string of the molecule is CC(=O)Nc1ccc(NC(=O)C2CC2C(=O)Nc2ccc(F)c(Cl)c2)cc1. The van der Waals surface area contributed by atoms with Crippen molar-refractivity contribution < 1.29 is 18.8 Å². The lowest BCUT2D eigenvalue weighted by Crippen LogP contribution is -2.20. The van der Waals surface area contributed by atoms with E-state index in [9.17, 15) is 18.8 Å². The highest BCUT2D eigenvalue weighted by atomic mass is 35.5. The van der Waals surface area contributed by atoms with Crippen molar-refractivity contribution in [2.75, 3.05) is 16.0 Å². The van der Waals surface area contributed by atoms with E-state index in [4.69, 9.17) is 11.6 Å². The van der Waals surface area contributed by atoms with Gasteiger partial charge in [0.05, 0.1) is 16.9 Å². The van der Waals surface area contributed by atoms with Gasteiger partial charge in [-0.1, -0.05) is 11.6 Å². The topological polar surface area (TPSA) is 87.3 Å². The lowest BCUT2D eigenvalue weighted by molar-refractivity contribution is -0.122. The summed E-state index contributed by atoms with van der Waals surface area (Å²) in [6.45, 7) is 1.41. The molecule has 2 aromatic carbocycles. The molecule has 3 amide bonds. The van der Waals surface area contributed by atoms with Gasteiger partial charge < -0.3 is 16.0 Å². The number of anilines is 3. The molecule has 27 heavy (non-hydrogen) atoms. The van der Waals surface area contributed by atoms with E-state index in [0.29, 0.717) is 23.5 Å². The first-order chi connectivity index (χ1) is 12.8. The van der Waals surface area contributed by atoms with Crippen LogP contribution in [0.2, 0.25) is 5.02 Å². The molecule has 0 bridgehead atoms. The summed E-state index contributed by atoms with van der Waals surface area (Å²) in [6.07, 6.45) is 0.441. The minimum Gasteiger partial charge on any atom is -0.326 e. The van der Waals surface area contributed by atoms with Crippen LogP contribution < -0.4 is 16.0 Å². The molecule has 3 N–H and O–H groups in total. The van der Waals surface area contributed by atoms with Crippen LogP contribution in [0, 0.1) is 17.7 Å². The molecule has 1 aliphatic carbocycles. The van der Waals surface area contributed by atoms with Crippen LogP contribution in [0.5, 0.6) is 0 Å². The molecule has 6 nitrogen and oxygen atoms in total. The normalized spacial score (nSPS) is 17.7. The second-order valence-electron chi connectivity index (χ2n) is 6.31. The zero-order chi connectivity index (χ0) is 19.6. The molecule has 0 aliphatic heterocycles. The smallest absolute Gasteiger partial charge is 0.228 e. The zero-order valence-corrected chi connectivity index (χ0v) is 15.1. The molecule has 0 heterocycles. The third-order valence-corrected chi connectivity index (χ3v) is 4.41. The summed E-state index contributed by atoms with van der Waals surface area (Å²) in [5, 5.41) is 7.94. The van der Waals surface area contributed by atoms with E-state index in [1.54, 1.807) is 24.3 Å². The predicted octanol–water partition coefficient (Wildman–Crippen LogP) is 3.65. The average molecular weight is 390 g/mol. The van der Waals surface area contributed by atoms with Crippen LogP contribution in [0.15, 0.2) is 42.5 Å². The van der Waals surface area contributed by atoms with Gasteiger partial charge in [-0.25, -0.2) is 4.39 Å². The van der Waals surface area contributed by atoms with E-state index in [0.717, 1.165) is 0 Å². The van der Waals surface area contributed by atoms with Gasteiger partial charge in [0.25, 0.3) is 0 Å². The molecule has 2 unspecified atom stereocenters. The van der Waals surface area contributed by atoms with E-state index in [1.165, 1.54) is 25.1 Å². The van der Waals surface area contributed by atoms with Crippen molar-refractivity contribution in [3.63, 3.8) is 0 Å². The Labute approximate surface area is 160 Å². The maximum Gasteiger partial charge on any atom is 0.228 e. The second kappa shape index (κ2) is 7.75. The van der Waals surface area contributed by atoms with Crippen LogP contribution in [-0.2, 0) is 14.4 Å².